The summed E-state index contributed by atoms with van der Waals surface area (Å²) >= 11 is 0. The summed E-state index contributed by atoms with van der Waals surface area (Å²) in [5.41, 5.74) is 2.21. The van der Waals surface area contributed by atoms with E-state index in [-0.39, 0.29) is 16.4 Å². The lowest BCUT2D eigenvalue weighted by Gasteiger charge is -2.15. The Morgan fingerprint density at radius 1 is 1.06 bits per heavy atom. The van der Waals surface area contributed by atoms with Crippen molar-refractivity contribution in [3.63, 3.8) is 0 Å². The number of nitrogens with zero attached hydrogens (tertiary/aromatic N) is 2. The molecule has 0 aliphatic heterocycles. The van der Waals surface area contributed by atoms with Crippen LogP contribution in [0.3, 0.4) is 0 Å². The predicted octanol–water partition coefficient (Wildman–Crippen LogP) is 4.91. The fourth-order valence-electron chi connectivity index (χ4n) is 3.24. The lowest BCUT2D eigenvalue weighted by atomic mass is 10.0. The van der Waals surface area contributed by atoms with Crippen LogP contribution in [0.4, 0.5) is 8.78 Å². The molecule has 0 aliphatic carbocycles. The summed E-state index contributed by atoms with van der Waals surface area (Å²) < 4.78 is 58.1. The van der Waals surface area contributed by atoms with Gasteiger partial charge in [-0.1, -0.05) is 0 Å². The first-order valence-corrected chi connectivity index (χ1v) is 10.8. The summed E-state index contributed by atoms with van der Waals surface area (Å²) in [6.45, 7) is 1.78. The van der Waals surface area contributed by atoms with Gasteiger partial charge in [0.15, 0.2) is 21.4 Å². The average Bonchev–Trinajstić information content (AvgIpc) is 3.18. The van der Waals surface area contributed by atoms with Gasteiger partial charge in [-0.15, -0.1) is 0 Å². The van der Waals surface area contributed by atoms with Crippen LogP contribution < -0.4 is 4.74 Å². The normalized spacial score (nSPS) is 11.4. The summed E-state index contributed by atoms with van der Waals surface area (Å²) in [4.78, 5) is 7.33. The summed E-state index contributed by atoms with van der Waals surface area (Å²) in [5.74, 6) is -2.39. The number of nitriles is 1. The quantitative estimate of drug-likeness (QED) is 0.477. The Kier molecular flexibility index (Phi) is 5.17. The first-order chi connectivity index (χ1) is 14.8. The third-order valence-electron chi connectivity index (χ3n) is 4.63. The maximum Gasteiger partial charge on any atom is 0.191 e. The third-order valence-corrected chi connectivity index (χ3v) is 6.11. The largest absolute Gasteiger partial charge is 0.454 e. The molecule has 1 N–H and O–H groups in total. The number of ether oxygens (including phenoxy) is 1. The van der Waals surface area contributed by atoms with Crippen molar-refractivity contribution in [3.8, 4) is 28.7 Å². The molecule has 0 aliphatic rings. The molecule has 0 amide bonds. The first-order valence-electron chi connectivity index (χ1n) is 9.10. The Hall–Kier alpha value is -3.77. The smallest absolute Gasteiger partial charge is 0.191 e. The van der Waals surface area contributed by atoms with E-state index in [4.69, 9.17) is 10.00 Å². The summed E-state index contributed by atoms with van der Waals surface area (Å²) in [6.07, 6.45) is 1.69. The van der Waals surface area contributed by atoms with Gasteiger partial charge in [0.2, 0.25) is 0 Å². The highest BCUT2D eigenvalue weighted by atomic mass is 32.2. The van der Waals surface area contributed by atoms with Gasteiger partial charge in [0.25, 0.3) is 0 Å². The number of aryl methyl sites for hydroxylation is 1. The lowest BCUT2D eigenvalue weighted by Crippen LogP contribution is -2.05. The van der Waals surface area contributed by atoms with Crippen molar-refractivity contribution < 1.29 is 21.9 Å². The van der Waals surface area contributed by atoms with Crippen molar-refractivity contribution >= 4 is 20.9 Å². The van der Waals surface area contributed by atoms with Crippen molar-refractivity contribution in [2.45, 2.75) is 11.8 Å². The molecule has 0 unspecified atom stereocenters. The van der Waals surface area contributed by atoms with E-state index in [1.807, 2.05) is 0 Å². The average molecular weight is 439 g/mol. The molecule has 156 valence electrons. The van der Waals surface area contributed by atoms with Crippen LogP contribution in [-0.4, -0.2) is 24.1 Å². The minimum absolute atomic E-state index is 0.0749. The fraction of sp³-hybridized carbons (Fsp3) is 0.0909. The number of hydrogen-bond acceptors (Lipinski definition) is 5. The van der Waals surface area contributed by atoms with E-state index in [1.54, 1.807) is 31.3 Å². The molecule has 0 atom stereocenters. The number of aromatic nitrogens is 2. The molecule has 0 radical (unpaired) electrons. The Bertz CT molecular complexity index is 1460. The molecule has 4 aromatic rings. The number of halogens is 2. The zero-order chi connectivity index (χ0) is 22.2. The number of rotatable bonds is 5. The van der Waals surface area contributed by atoms with Gasteiger partial charge in [-0.3, -0.25) is 0 Å². The molecule has 4 rings (SSSR count). The van der Waals surface area contributed by atoms with Gasteiger partial charge in [-0.2, -0.15) is 5.26 Å². The van der Waals surface area contributed by atoms with Crippen LogP contribution in [0, 0.1) is 29.9 Å². The van der Waals surface area contributed by atoms with Gasteiger partial charge in [0.05, 0.1) is 11.0 Å². The number of aromatic amines is 1. The minimum Gasteiger partial charge on any atom is -0.454 e. The molecule has 0 fully saturated rings. The van der Waals surface area contributed by atoms with Crippen LogP contribution in [0.15, 0.2) is 59.6 Å². The summed E-state index contributed by atoms with van der Waals surface area (Å²) in [5, 5.41) is 9.56. The summed E-state index contributed by atoms with van der Waals surface area (Å²) in [7, 11) is -3.86. The van der Waals surface area contributed by atoms with E-state index >= 15 is 0 Å². The summed E-state index contributed by atoms with van der Waals surface area (Å²) in [6, 6.07) is 12.1. The minimum atomic E-state index is -3.86. The van der Waals surface area contributed by atoms with Crippen molar-refractivity contribution in [1.82, 2.24) is 9.97 Å². The maximum absolute atomic E-state index is 14.2. The zero-order valence-electron chi connectivity index (χ0n) is 16.2. The molecule has 2 heterocycles. The third kappa shape index (κ3) is 3.98. The van der Waals surface area contributed by atoms with Gasteiger partial charge in [-0.25, -0.2) is 22.2 Å². The Balaban J connectivity index is 1.95. The topological polar surface area (TPSA) is 95.8 Å². The highest BCUT2D eigenvalue weighted by Gasteiger charge is 2.20. The molecule has 0 saturated carbocycles. The number of sulfone groups is 1. The van der Waals surface area contributed by atoms with Gasteiger partial charge in [0.1, 0.15) is 23.0 Å². The van der Waals surface area contributed by atoms with E-state index in [0.29, 0.717) is 33.9 Å². The Morgan fingerprint density at radius 2 is 1.84 bits per heavy atom. The molecule has 0 saturated heterocycles. The van der Waals surface area contributed by atoms with Crippen LogP contribution >= 0.6 is 0 Å². The Labute approximate surface area is 176 Å². The van der Waals surface area contributed by atoms with Gasteiger partial charge in [-0.05, 0) is 55.0 Å². The van der Waals surface area contributed by atoms with Crippen LogP contribution in [0.1, 0.15) is 5.69 Å². The number of fused-ring (bicyclic) bond motifs is 1. The first kappa shape index (κ1) is 20.5. The Morgan fingerprint density at radius 3 is 2.58 bits per heavy atom. The van der Waals surface area contributed by atoms with E-state index in [1.165, 1.54) is 18.2 Å². The number of pyridine rings is 1. The molecule has 31 heavy (non-hydrogen) atoms. The van der Waals surface area contributed by atoms with Gasteiger partial charge in [0, 0.05) is 28.9 Å². The van der Waals surface area contributed by atoms with Crippen LogP contribution in [0.2, 0.25) is 0 Å². The molecule has 2 aromatic heterocycles. The number of nitrogens with one attached hydrogen (secondary N) is 1. The highest BCUT2D eigenvalue weighted by molar-refractivity contribution is 7.91. The predicted molar refractivity (Wildman–Crippen MR) is 110 cm³/mol. The second kappa shape index (κ2) is 7.81. The molecule has 2 aromatic carbocycles. The van der Waals surface area contributed by atoms with E-state index in [0.717, 1.165) is 12.1 Å². The van der Waals surface area contributed by atoms with Crippen molar-refractivity contribution in [1.29, 1.82) is 5.26 Å². The standard InChI is InChI=1S/C22H15F2N3O3S/c1-13-10-17(16-6-8-26-22(16)27-13)18-12-15(31(28,29)9-7-25)3-5-20(18)30-21-4-2-14(23)11-19(21)24/h2-6,8,10-12H,9H2,1H3,(H,26,27). The number of hydrogen-bond donors (Lipinski definition) is 1. The van der Waals surface area contributed by atoms with Crippen LogP contribution in [0.25, 0.3) is 22.2 Å². The molecule has 9 heteroatoms. The van der Waals surface area contributed by atoms with Crippen LogP contribution in [0.5, 0.6) is 11.5 Å². The maximum atomic E-state index is 14.2. The second-order valence-corrected chi connectivity index (χ2v) is 8.79. The molecule has 0 bridgehead atoms. The highest BCUT2D eigenvalue weighted by Crippen LogP contribution is 2.39. The lowest BCUT2D eigenvalue weighted by molar-refractivity contribution is 0.438. The van der Waals surface area contributed by atoms with Crippen molar-refractivity contribution in [2.75, 3.05) is 5.75 Å². The van der Waals surface area contributed by atoms with Gasteiger partial charge < -0.3 is 9.72 Å². The van der Waals surface area contributed by atoms with Gasteiger partial charge >= 0.3 is 0 Å². The van der Waals surface area contributed by atoms with Crippen LogP contribution in [-0.2, 0) is 9.84 Å². The zero-order valence-corrected chi connectivity index (χ0v) is 17.0. The SMILES string of the molecule is Cc1cc(-c2cc(S(=O)(=O)CC#N)ccc2Oc2ccc(F)cc2F)c2cc[nH]c2n1. The second-order valence-electron chi connectivity index (χ2n) is 6.80. The van der Waals surface area contributed by atoms with Crippen molar-refractivity contribution in [2.24, 2.45) is 0 Å². The van der Waals surface area contributed by atoms with E-state index < -0.39 is 27.2 Å². The van der Waals surface area contributed by atoms with E-state index in [9.17, 15) is 17.2 Å². The monoisotopic (exact) mass is 439 g/mol. The number of benzene rings is 2. The van der Waals surface area contributed by atoms with E-state index in [2.05, 4.69) is 9.97 Å². The fourth-order valence-corrected chi connectivity index (χ4v) is 4.14. The molecule has 6 nitrogen and oxygen atoms in total. The molecular formula is C22H15F2N3O3S. The molecular weight excluding hydrogens is 424 g/mol. The van der Waals surface area contributed by atoms with Crippen molar-refractivity contribution in [3.05, 3.63) is 72.1 Å². The number of H-pyrrole nitrogens is 1. The molecule has 0 spiro atoms.